The highest BCUT2D eigenvalue weighted by atomic mass is 35.5. The second-order valence-corrected chi connectivity index (χ2v) is 6.07. The lowest BCUT2D eigenvalue weighted by molar-refractivity contribution is -0.121. The van der Waals surface area contributed by atoms with Gasteiger partial charge in [0, 0.05) is 32.7 Å². The van der Waals surface area contributed by atoms with Crippen molar-refractivity contribution in [1.82, 2.24) is 15.8 Å². The monoisotopic (exact) mass is 361 g/mol. The van der Waals surface area contributed by atoms with E-state index in [1.54, 1.807) is 6.20 Å². The van der Waals surface area contributed by atoms with Crippen LogP contribution in [0.5, 0.6) is 0 Å². The first-order valence-corrected chi connectivity index (χ1v) is 7.89. The van der Waals surface area contributed by atoms with Crippen LogP contribution in [0.1, 0.15) is 15.9 Å². The van der Waals surface area contributed by atoms with Gasteiger partial charge in [0.1, 0.15) is 0 Å². The Bertz CT molecular complexity index is 901. The molecule has 0 aliphatic rings. The smallest absolute Gasteiger partial charge is 0.269 e. The minimum atomic E-state index is -0.494. The summed E-state index contributed by atoms with van der Waals surface area (Å²) < 4.78 is 0. The number of para-hydroxylation sites is 1. The van der Waals surface area contributed by atoms with Gasteiger partial charge in [-0.15, -0.1) is 0 Å². The topological polar surface area (TPSA) is 74.0 Å². The van der Waals surface area contributed by atoms with Crippen molar-refractivity contribution in [2.24, 2.45) is 0 Å². The van der Waals surface area contributed by atoms with Gasteiger partial charge in [-0.3, -0.25) is 20.4 Å². The van der Waals surface area contributed by atoms with E-state index < -0.39 is 5.91 Å². The Hall–Kier alpha value is -2.50. The van der Waals surface area contributed by atoms with Gasteiger partial charge in [0.05, 0.1) is 6.42 Å². The van der Waals surface area contributed by atoms with Crippen LogP contribution in [-0.2, 0) is 11.2 Å². The van der Waals surface area contributed by atoms with Gasteiger partial charge in [-0.1, -0.05) is 41.4 Å². The molecule has 24 heavy (non-hydrogen) atoms. The lowest BCUT2D eigenvalue weighted by atomic mass is 10.1. The first kappa shape index (κ1) is 16.4. The van der Waals surface area contributed by atoms with E-state index in [1.807, 2.05) is 24.3 Å². The Morgan fingerprint density at radius 2 is 1.71 bits per heavy atom. The van der Waals surface area contributed by atoms with E-state index in [-0.39, 0.29) is 17.9 Å². The van der Waals surface area contributed by atoms with Crippen molar-refractivity contribution < 1.29 is 9.59 Å². The SMILES string of the molecule is O=C(Cc1c[nH]c2ccccc12)NNC(=O)c1cc(Cl)cc(Cl)c1. The third kappa shape index (κ3) is 3.69. The van der Waals surface area contributed by atoms with Crippen molar-refractivity contribution >= 4 is 45.9 Å². The van der Waals surface area contributed by atoms with Crippen molar-refractivity contribution in [3.63, 3.8) is 0 Å². The normalized spacial score (nSPS) is 10.6. The molecule has 0 radical (unpaired) electrons. The number of rotatable bonds is 3. The number of hydrogen-bond acceptors (Lipinski definition) is 2. The van der Waals surface area contributed by atoms with E-state index in [2.05, 4.69) is 15.8 Å². The minimum Gasteiger partial charge on any atom is -0.361 e. The number of amides is 2. The maximum absolute atomic E-state index is 12.0. The first-order valence-electron chi connectivity index (χ1n) is 7.13. The number of benzene rings is 2. The van der Waals surface area contributed by atoms with Gasteiger partial charge >= 0.3 is 0 Å². The molecule has 0 saturated carbocycles. The largest absolute Gasteiger partial charge is 0.361 e. The van der Waals surface area contributed by atoms with Crippen LogP contribution in [0, 0.1) is 0 Å². The molecule has 1 aromatic heterocycles. The van der Waals surface area contributed by atoms with Gasteiger partial charge in [-0.05, 0) is 29.8 Å². The number of aromatic nitrogens is 1. The number of hydrazine groups is 1. The Morgan fingerprint density at radius 1 is 1.00 bits per heavy atom. The molecular formula is C17H13Cl2N3O2. The van der Waals surface area contributed by atoms with Crippen LogP contribution in [-0.4, -0.2) is 16.8 Å². The van der Waals surface area contributed by atoms with E-state index in [9.17, 15) is 9.59 Å². The number of halogens is 2. The van der Waals surface area contributed by atoms with E-state index >= 15 is 0 Å². The highest BCUT2D eigenvalue weighted by Gasteiger charge is 2.11. The Balaban J connectivity index is 1.62. The second kappa shape index (κ2) is 6.95. The number of H-pyrrole nitrogens is 1. The molecule has 2 amide bonds. The predicted octanol–water partition coefficient (Wildman–Crippen LogP) is 3.48. The third-order valence-corrected chi connectivity index (χ3v) is 3.90. The lowest BCUT2D eigenvalue weighted by Gasteiger charge is -2.08. The fourth-order valence-corrected chi connectivity index (χ4v) is 2.90. The average Bonchev–Trinajstić information content (AvgIpc) is 2.95. The van der Waals surface area contributed by atoms with E-state index in [0.29, 0.717) is 10.0 Å². The van der Waals surface area contributed by atoms with E-state index in [4.69, 9.17) is 23.2 Å². The van der Waals surface area contributed by atoms with Crippen molar-refractivity contribution in [3.8, 4) is 0 Å². The molecule has 0 saturated heterocycles. The molecule has 3 rings (SSSR count). The fourth-order valence-electron chi connectivity index (χ4n) is 2.38. The maximum Gasteiger partial charge on any atom is 0.269 e. The molecule has 0 atom stereocenters. The maximum atomic E-state index is 12.0. The third-order valence-electron chi connectivity index (χ3n) is 3.47. The van der Waals surface area contributed by atoms with Crippen molar-refractivity contribution in [1.29, 1.82) is 0 Å². The van der Waals surface area contributed by atoms with Gasteiger partial charge in [0.15, 0.2) is 0 Å². The van der Waals surface area contributed by atoms with Crippen LogP contribution in [0.25, 0.3) is 10.9 Å². The molecule has 122 valence electrons. The van der Waals surface area contributed by atoms with Crippen LogP contribution in [0.3, 0.4) is 0 Å². The summed E-state index contributed by atoms with van der Waals surface area (Å²) in [5, 5.41) is 1.66. The molecule has 7 heteroatoms. The van der Waals surface area contributed by atoms with Crippen molar-refractivity contribution in [3.05, 3.63) is 69.8 Å². The van der Waals surface area contributed by atoms with Gasteiger partial charge < -0.3 is 4.98 Å². The van der Waals surface area contributed by atoms with Gasteiger partial charge in [0.25, 0.3) is 5.91 Å². The lowest BCUT2D eigenvalue weighted by Crippen LogP contribution is -2.42. The molecule has 3 aromatic rings. The average molecular weight is 362 g/mol. The molecule has 5 nitrogen and oxygen atoms in total. The molecule has 0 spiro atoms. The molecule has 3 N–H and O–H groups in total. The summed E-state index contributed by atoms with van der Waals surface area (Å²) in [6.45, 7) is 0. The summed E-state index contributed by atoms with van der Waals surface area (Å²) in [6, 6.07) is 12.1. The fraction of sp³-hybridized carbons (Fsp3) is 0.0588. The standard InChI is InChI=1S/C17H13Cl2N3O2/c18-12-5-10(6-13(19)8-12)17(24)22-21-16(23)7-11-9-20-15-4-2-1-3-14(11)15/h1-6,8-9,20H,7H2,(H,21,23)(H,22,24). The summed E-state index contributed by atoms with van der Waals surface area (Å²) in [4.78, 5) is 27.2. The van der Waals surface area contributed by atoms with Crippen LogP contribution < -0.4 is 10.9 Å². The Kier molecular flexibility index (Phi) is 4.74. The number of hydrogen-bond donors (Lipinski definition) is 3. The zero-order chi connectivity index (χ0) is 17.1. The zero-order valence-corrected chi connectivity index (χ0v) is 13.9. The van der Waals surface area contributed by atoms with Crippen LogP contribution in [0.2, 0.25) is 10.0 Å². The highest BCUT2D eigenvalue weighted by Crippen LogP contribution is 2.19. The molecule has 0 aliphatic carbocycles. The van der Waals surface area contributed by atoms with Gasteiger partial charge in [-0.2, -0.15) is 0 Å². The molecule has 0 aliphatic heterocycles. The second-order valence-electron chi connectivity index (χ2n) is 5.20. The Labute approximate surface area is 147 Å². The van der Waals surface area contributed by atoms with E-state index in [0.717, 1.165) is 16.5 Å². The minimum absolute atomic E-state index is 0.139. The number of aromatic amines is 1. The molecule has 0 bridgehead atoms. The molecular weight excluding hydrogens is 349 g/mol. The van der Waals surface area contributed by atoms with E-state index in [1.165, 1.54) is 18.2 Å². The molecule has 2 aromatic carbocycles. The first-order chi connectivity index (χ1) is 11.5. The van der Waals surface area contributed by atoms with Gasteiger partial charge in [0.2, 0.25) is 5.91 Å². The summed E-state index contributed by atoms with van der Waals surface area (Å²) >= 11 is 11.7. The quantitative estimate of drug-likeness (QED) is 0.624. The number of nitrogens with one attached hydrogen (secondary N) is 3. The van der Waals surface area contributed by atoms with Crippen LogP contribution >= 0.6 is 23.2 Å². The number of fused-ring (bicyclic) bond motifs is 1. The molecule has 1 heterocycles. The molecule has 0 fully saturated rings. The Morgan fingerprint density at radius 3 is 2.46 bits per heavy atom. The number of carbonyl (C=O) groups excluding carboxylic acids is 2. The summed E-state index contributed by atoms with van der Waals surface area (Å²) in [7, 11) is 0. The predicted molar refractivity (Wildman–Crippen MR) is 94.1 cm³/mol. The van der Waals surface area contributed by atoms with Gasteiger partial charge in [-0.25, -0.2) is 0 Å². The van der Waals surface area contributed by atoms with Crippen molar-refractivity contribution in [2.45, 2.75) is 6.42 Å². The molecule has 0 unspecified atom stereocenters. The number of carbonyl (C=O) groups is 2. The summed E-state index contributed by atoms with van der Waals surface area (Å²) in [6.07, 6.45) is 1.92. The summed E-state index contributed by atoms with van der Waals surface area (Å²) in [5.41, 5.74) is 6.80. The van der Waals surface area contributed by atoms with Crippen LogP contribution in [0.4, 0.5) is 0 Å². The zero-order valence-electron chi connectivity index (χ0n) is 12.4. The van der Waals surface area contributed by atoms with Crippen molar-refractivity contribution in [2.75, 3.05) is 0 Å². The highest BCUT2D eigenvalue weighted by molar-refractivity contribution is 6.35. The van der Waals surface area contributed by atoms with Crippen LogP contribution in [0.15, 0.2) is 48.7 Å². The summed E-state index contributed by atoms with van der Waals surface area (Å²) in [5.74, 6) is -0.826.